The number of ether oxygens (including phenoxy) is 2. The summed E-state index contributed by atoms with van der Waals surface area (Å²) in [5, 5.41) is 18.6. The van der Waals surface area contributed by atoms with Crippen molar-refractivity contribution < 1.29 is 29.3 Å². The highest BCUT2D eigenvalue weighted by atomic mass is 16.7. The molecular formula is C17H17NO6. The average molecular weight is 331 g/mol. The van der Waals surface area contributed by atoms with Crippen LogP contribution in [0.2, 0.25) is 0 Å². The summed E-state index contributed by atoms with van der Waals surface area (Å²) in [5.41, 5.74) is 6.57. The molecule has 126 valence electrons. The van der Waals surface area contributed by atoms with E-state index in [2.05, 4.69) is 0 Å². The standard InChI is InChI=1S/C17H17NO6/c18-14(16(20)21)8-12-6-7-13(9-15(12)19)24-17(22)23-10-11-4-2-1-3-5-11/h1-7,9,14,19H,8,10,18H2,(H,20,21). The minimum atomic E-state index is -1.17. The molecular weight excluding hydrogens is 314 g/mol. The van der Waals surface area contributed by atoms with Gasteiger partial charge in [-0.15, -0.1) is 0 Å². The smallest absolute Gasteiger partial charge is 0.508 e. The van der Waals surface area contributed by atoms with Crippen molar-refractivity contribution in [2.75, 3.05) is 0 Å². The second kappa shape index (κ2) is 7.98. The van der Waals surface area contributed by atoms with E-state index in [1.54, 1.807) is 12.1 Å². The van der Waals surface area contributed by atoms with Gasteiger partial charge in [0, 0.05) is 12.5 Å². The molecule has 4 N–H and O–H groups in total. The summed E-state index contributed by atoms with van der Waals surface area (Å²) < 4.78 is 9.91. The first kappa shape index (κ1) is 17.3. The summed E-state index contributed by atoms with van der Waals surface area (Å²) in [5.74, 6) is -1.29. The number of aliphatic carboxylic acids is 1. The van der Waals surface area contributed by atoms with E-state index in [0.29, 0.717) is 5.56 Å². The van der Waals surface area contributed by atoms with Gasteiger partial charge in [-0.1, -0.05) is 36.4 Å². The van der Waals surface area contributed by atoms with Gasteiger partial charge in [0.05, 0.1) is 0 Å². The van der Waals surface area contributed by atoms with Gasteiger partial charge < -0.3 is 25.4 Å². The van der Waals surface area contributed by atoms with Crippen LogP contribution in [0.1, 0.15) is 11.1 Å². The number of phenolic OH excluding ortho intramolecular Hbond substituents is 1. The van der Waals surface area contributed by atoms with E-state index < -0.39 is 18.2 Å². The molecule has 7 nitrogen and oxygen atoms in total. The highest BCUT2D eigenvalue weighted by molar-refractivity contribution is 5.73. The fraction of sp³-hybridized carbons (Fsp3) is 0.176. The van der Waals surface area contributed by atoms with Crippen LogP contribution in [0.15, 0.2) is 48.5 Å². The Labute approximate surface area is 138 Å². The minimum absolute atomic E-state index is 0.0418. The zero-order valence-corrected chi connectivity index (χ0v) is 12.7. The van der Waals surface area contributed by atoms with Crippen LogP contribution in [-0.2, 0) is 22.6 Å². The van der Waals surface area contributed by atoms with Gasteiger partial charge >= 0.3 is 12.1 Å². The lowest BCUT2D eigenvalue weighted by Gasteiger charge is -2.10. The number of benzene rings is 2. The zero-order chi connectivity index (χ0) is 17.5. The number of hydrogen-bond donors (Lipinski definition) is 3. The van der Waals surface area contributed by atoms with Crippen molar-refractivity contribution in [1.29, 1.82) is 0 Å². The van der Waals surface area contributed by atoms with Crippen LogP contribution in [-0.4, -0.2) is 28.4 Å². The van der Waals surface area contributed by atoms with E-state index in [4.69, 9.17) is 20.3 Å². The van der Waals surface area contributed by atoms with E-state index in [9.17, 15) is 14.7 Å². The maximum Gasteiger partial charge on any atom is 0.514 e. The summed E-state index contributed by atoms with van der Waals surface area (Å²) in [6.07, 6.45) is -0.951. The van der Waals surface area contributed by atoms with Crippen LogP contribution in [0.4, 0.5) is 4.79 Å². The molecule has 2 aromatic carbocycles. The number of carbonyl (C=O) groups excluding carboxylic acids is 1. The van der Waals surface area contributed by atoms with Gasteiger partial charge in [0.2, 0.25) is 0 Å². The quantitative estimate of drug-likeness (QED) is 0.547. The van der Waals surface area contributed by atoms with Crippen molar-refractivity contribution in [2.24, 2.45) is 5.73 Å². The molecule has 0 amide bonds. The van der Waals surface area contributed by atoms with Crippen LogP contribution >= 0.6 is 0 Å². The molecule has 0 radical (unpaired) electrons. The molecule has 0 fully saturated rings. The third kappa shape index (κ3) is 4.99. The Hall–Kier alpha value is -3.06. The maximum atomic E-state index is 11.6. The van der Waals surface area contributed by atoms with Crippen LogP contribution in [0.5, 0.6) is 11.5 Å². The van der Waals surface area contributed by atoms with Crippen LogP contribution in [0.25, 0.3) is 0 Å². The fourth-order valence-corrected chi connectivity index (χ4v) is 1.95. The monoisotopic (exact) mass is 331 g/mol. The molecule has 1 unspecified atom stereocenters. The molecule has 0 aliphatic heterocycles. The number of carbonyl (C=O) groups is 2. The van der Waals surface area contributed by atoms with E-state index in [1.807, 2.05) is 18.2 Å². The van der Waals surface area contributed by atoms with E-state index in [0.717, 1.165) is 5.56 Å². The van der Waals surface area contributed by atoms with Crippen LogP contribution < -0.4 is 10.5 Å². The summed E-state index contributed by atoms with van der Waals surface area (Å²) in [6.45, 7) is 0.0667. The lowest BCUT2D eigenvalue weighted by molar-refractivity contribution is -0.138. The molecule has 0 heterocycles. The number of phenols is 1. The molecule has 0 saturated heterocycles. The number of hydrogen-bond acceptors (Lipinski definition) is 6. The summed E-state index contributed by atoms with van der Waals surface area (Å²) >= 11 is 0. The second-order valence-corrected chi connectivity index (χ2v) is 5.07. The number of carboxylic acid groups (broad SMARTS) is 1. The Morgan fingerprint density at radius 3 is 2.46 bits per heavy atom. The van der Waals surface area contributed by atoms with Gasteiger partial charge in [-0.2, -0.15) is 0 Å². The molecule has 0 spiro atoms. The number of rotatable bonds is 6. The molecule has 1 atom stereocenters. The number of nitrogens with two attached hydrogens (primary N) is 1. The normalized spacial score (nSPS) is 11.5. The third-order valence-corrected chi connectivity index (χ3v) is 3.21. The second-order valence-electron chi connectivity index (χ2n) is 5.07. The highest BCUT2D eigenvalue weighted by Gasteiger charge is 2.15. The van der Waals surface area contributed by atoms with Crippen molar-refractivity contribution in [1.82, 2.24) is 0 Å². The van der Waals surface area contributed by atoms with Crippen molar-refractivity contribution >= 4 is 12.1 Å². The summed E-state index contributed by atoms with van der Waals surface area (Å²) in [6, 6.07) is 12.0. The summed E-state index contributed by atoms with van der Waals surface area (Å²) in [4.78, 5) is 22.3. The molecule has 0 aromatic heterocycles. The first-order chi connectivity index (χ1) is 11.5. The lowest BCUT2D eigenvalue weighted by atomic mass is 10.1. The number of aromatic hydroxyl groups is 1. The van der Waals surface area contributed by atoms with E-state index in [1.165, 1.54) is 18.2 Å². The molecule has 2 rings (SSSR count). The topological polar surface area (TPSA) is 119 Å². The average Bonchev–Trinajstić information content (AvgIpc) is 2.56. The van der Waals surface area contributed by atoms with Crippen molar-refractivity contribution in [3.8, 4) is 11.5 Å². The SMILES string of the molecule is NC(Cc1ccc(OC(=O)OCc2ccccc2)cc1O)C(=O)O. The van der Waals surface area contributed by atoms with E-state index >= 15 is 0 Å². The Bertz CT molecular complexity index is 716. The predicted octanol–water partition coefficient (Wildman–Crippen LogP) is 2.06. The van der Waals surface area contributed by atoms with Crippen LogP contribution in [0, 0.1) is 0 Å². The Morgan fingerprint density at radius 1 is 1.12 bits per heavy atom. The minimum Gasteiger partial charge on any atom is -0.508 e. The molecule has 0 saturated carbocycles. The van der Waals surface area contributed by atoms with Crippen molar-refractivity contribution in [2.45, 2.75) is 19.1 Å². The predicted molar refractivity (Wildman–Crippen MR) is 84.7 cm³/mol. The number of carboxylic acids is 1. The molecule has 24 heavy (non-hydrogen) atoms. The van der Waals surface area contributed by atoms with Gasteiger partial charge in [-0.05, 0) is 17.2 Å². The molecule has 0 aliphatic rings. The molecule has 0 aliphatic carbocycles. The van der Waals surface area contributed by atoms with Gasteiger partial charge in [-0.25, -0.2) is 4.79 Å². The van der Waals surface area contributed by atoms with Gasteiger partial charge in [0.25, 0.3) is 0 Å². The van der Waals surface area contributed by atoms with Gasteiger partial charge in [0.1, 0.15) is 24.1 Å². The lowest BCUT2D eigenvalue weighted by Crippen LogP contribution is -2.32. The molecule has 0 bridgehead atoms. The fourth-order valence-electron chi connectivity index (χ4n) is 1.95. The molecule has 2 aromatic rings. The first-order valence-electron chi connectivity index (χ1n) is 7.14. The maximum absolute atomic E-state index is 11.6. The summed E-state index contributed by atoms with van der Waals surface area (Å²) in [7, 11) is 0. The third-order valence-electron chi connectivity index (χ3n) is 3.21. The Morgan fingerprint density at radius 2 is 1.83 bits per heavy atom. The Balaban J connectivity index is 1.91. The van der Waals surface area contributed by atoms with E-state index in [-0.39, 0.29) is 24.5 Å². The zero-order valence-electron chi connectivity index (χ0n) is 12.7. The molecule has 7 heteroatoms. The van der Waals surface area contributed by atoms with Gasteiger partial charge in [0.15, 0.2) is 0 Å². The van der Waals surface area contributed by atoms with Crippen molar-refractivity contribution in [3.05, 3.63) is 59.7 Å². The van der Waals surface area contributed by atoms with Crippen LogP contribution in [0.3, 0.4) is 0 Å². The largest absolute Gasteiger partial charge is 0.514 e. The van der Waals surface area contributed by atoms with Crippen molar-refractivity contribution in [3.63, 3.8) is 0 Å². The van der Waals surface area contributed by atoms with Gasteiger partial charge in [-0.3, -0.25) is 4.79 Å². The first-order valence-corrected chi connectivity index (χ1v) is 7.14. The Kier molecular flexibility index (Phi) is 5.75. The highest BCUT2D eigenvalue weighted by Crippen LogP contribution is 2.25.